The summed E-state index contributed by atoms with van der Waals surface area (Å²) >= 11 is 0. The Labute approximate surface area is 161 Å². The molecule has 1 fully saturated rings. The second-order valence-electron chi connectivity index (χ2n) is 6.29. The summed E-state index contributed by atoms with van der Waals surface area (Å²) in [4.78, 5) is 12.4. The van der Waals surface area contributed by atoms with Crippen LogP contribution in [0.2, 0.25) is 0 Å². The maximum absolute atomic E-state index is 13.1. The van der Waals surface area contributed by atoms with Crippen LogP contribution in [0.15, 0.2) is 47.6 Å². The Hall–Kier alpha value is -2.97. The van der Waals surface area contributed by atoms with Gasteiger partial charge in [0.1, 0.15) is 5.82 Å². The van der Waals surface area contributed by atoms with Gasteiger partial charge < -0.3 is 20.3 Å². The van der Waals surface area contributed by atoms with E-state index in [1.165, 1.54) is 18.3 Å². The number of nitrogens with two attached hydrogens (primary N) is 1. The molecule has 1 aromatic heterocycles. The van der Waals surface area contributed by atoms with Crippen LogP contribution >= 0.6 is 0 Å². The molecule has 0 radical (unpaired) electrons. The minimum Gasteiger partial charge on any atom is -0.471 e. The average Bonchev–Trinajstić information content (AvgIpc) is 2.71. The first-order valence-electron chi connectivity index (χ1n) is 8.93. The van der Waals surface area contributed by atoms with Crippen LogP contribution in [-0.4, -0.2) is 55.1 Å². The molecule has 6 nitrogen and oxygen atoms in total. The second-order valence-corrected chi connectivity index (χ2v) is 6.29. The lowest BCUT2D eigenvalue weighted by atomic mass is 10.2. The molecule has 0 saturated carbocycles. The fourth-order valence-electron chi connectivity index (χ4n) is 2.93. The maximum Gasteiger partial charge on any atom is 0.272 e. The van der Waals surface area contributed by atoms with Crippen LogP contribution in [0.4, 0.5) is 18.9 Å². The first kappa shape index (κ1) is 19.8. The zero-order chi connectivity index (χ0) is 19.9. The summed E-state index contributed by atoms with van der Waals surface area (Å²) in [7, 11) is 0. The number of aliphatic imine (C=N–C) groups is 1. The van der Waals surface area contributed by atoms with Crippen LogP contribution in [0.25, 0.3) is 0 Å². The van der Waals surface area contributed by atoms with Gasteiger partial charge in [-0.25, -0.2) is 23.1 Å². The van der Waals surface area contributed by atoms with E-state index in [1.807, 2.05) is 4.90 Å². The van der Waals surface area contributed by atoms with Crippen molar-refractivity contribution in [2.24, 2.45) is 10.7 Å². The standard InChI is InChI=1S/C19H22F3N5O/c20-15-3-5-16(6-4-15)26-8-10-27(11-9-26)19(23)25-12-14-2-1-7-24-18(14)28-13-17(21)22/h1-7,17H,8-13H2,(H2,23,25). The predicted molar refractivity (Wildman–Crippen MR) is 101 cm³/mol. The van der Waals surface area contributed by atoms with Crippen molar-refractivity contribution >= 4 is 11.6 Å². The van der Waals surface area contributed by atoms with Gasteiger partial charge in [-0.05, 0) is 30.3 Å². The molecule has 150 valence electrons. The smallest absolute Gasteiger partial charge is 0.272 e. The molecular weight excluding hydrogens is 371 g/mol. The van der Waals surface area contributed by atoms with E-state index in [4.69, 9.17) is 10.5 Å². The third-order valence-electron chi connectivity index (χ3n) is 4.40. The lowest BCUT2D eigenvalue weighted by Crippen LogP contribution is -2.51. The van der Waals surface area contributed by atoms with Gasteiger partial charge in [0.05, 0.1) is 6.54 Å². The van der Waals surface area contributed by atoms with Crippen LogP contribution < -0.4 is 15.4 Å². The molecule has 0 unspecified atom stereocenters. The van der Waals surface area contributed by atoms with Crippen LogP contribution in [-0.2, 0) is 6.54 Å². The molecule has 0 aliphatic carbocycles. The number of rotatable bonds is 6. The molecule has 2 aromatic rings. The first-order chi connectivity index (χ1) is 13.5. The van der Waals surface area contributed by atoms with E-state index in [0.29, 0.717) is 24.6 Å². The van der Waals surface area contributed by atoms with Crippen molar-refractivity contribution in [3.05, 3.63) is 54.0 Å². The van der Waals surface area contributed by atoms with Crippen LogP contribution in [0.1, 0.15) is 5.56 Å². The van der Waals surface area contributed by atoms with Crippen LogP contribution in [0.5, 0.6) is 5.88 Å². The fraction of sp³-hybridized carbons (Fsp3) is 0.368. The number of anilines is 1. The van der Waals surface area contributed by atoms with Gasteiger partial charge in [-0.15, -0.1) is 0 Å². The van der Waals surface area contributed by atoms with Crippen LogP contribution in [0.3, 0.4) is 0 Å². The molecule has 0 spiro atoms. The summed E-state index contributed by atoms with van der Waals surface area (Å²) in [5.41, 5.74) is 7.66. The quantitative estimate of drug-likeness (QED) is 0.603. The molecule has 0 bridgehead atoms. The van der Waals surface area contributed by atoms with Crippen molar-refractivity contribution in [1.29, 1.82) is 0 Å². The molecule has 28 heavy (non-hydrogen) atoms. The molecule has 3 rings (SSSR count). The maximum atomic E-state index is 13.1. The number of halogens is 3. The van der Waals surface area contributed by atoms with Gasteiger partial charge in [0.2, 0.25) is 5.88 Å². The highest BCUT2D eigenvalue weighted by Gasteiger charge is 2.19. The van der Waals surface area contributed by atoms with Crippen LogP contribution in [0, 0.1) is 5.82 Å². The molecule has 0 atom stereocenters. The highest BCUT2D eigenvalue weighted by atomic mass is 19.3. The topological polar surface area (TPSA) is 67.0 Å². The Morgan fingerprint density at radius 3 is 2.54 bits per heavy atom. The number of alkyl halides is 2. The van der Waals surface area contributed by atoms with E-state index in [0.717, 1.165) is 18.8 Å². The minimum atomic E-state index is -2.57. The SMILES string of the molecule is NC(=NCc1cccnc1OCC(F)F)N1CCN(c2ccc(F)cc2)CC1. The number of piperazine rings is 1. The number of aromatic nitrogens is 1. The second kappa shape index (κ2) is 9.29. The third-order valence-corrected chi connectivity index (χ3v) is 4.40. The number of hydrogen-bond acceptors (Lipinski definition) is 4. The normalized spacial score (nSPS) is 15.2. The zero-order valence-corrected chi connectivity index (χ0v) is 15.3. The van der Waals surface area contributed by atoms with Gasteiger partial charge in [-0.2, -0.15) is 0 Å². The number of pyridine rings is 1. The molecule has 1 aliphatic heterocycles. The Morgan fingerprint density at radius 1 is 1.14 bits per heavy atom. The Balaban J connectivity index is 1.56. The van der Waals surface area contributed by atoms with Gasteiger partial charge in [0, 0.05) is 43.6 Å². The van der Waals surface area contributed by atoms with E-state index in [1.54, 1.807) is 24.3 Å². The highest BCUT2D eigenvalue weighted by molar-refractivity contribution is 5.78. The van der Waals surface area contributed by atoms with Crippen molar-refractivity contribution in [1.82, 2.24) is 9.88 Å². The van der Waals surface area contributed by atoms with Gasteiger partial charge in [-0.3, -0.25) is 0 Å². The number of hydrogen-bond donors (Lipinski definition) is 1. The van der Waals surface area contributed by atoms with E-state index in [2.05, 4.69) is 14.9 Å². The summed E-state index contributed by atoms with van der Waals surface area (Å²) in [6, 6.07) is 9.81. The fourth-order valence-corrected chi connectivity index (χ4v) is 2.93. The van der Waals surface area contributed by atoms with Crippen molar-refractivity contribution in [2.45, 2.75) is 13.0 Å². The highest BCUT2D eigenvalue weighted by Crippen LogP contribution is 2.18. The van der Waals surface area contributed by atoms with E-state index in [-0.39, 0.29) is 18.2 Å². The van der Waals surface area contributed by atoms with Crippen molar-refractivity contribution in [2.75, 3.05) is 37.7 Å². The number of ether oxygens (including phenoxy) is 1. The minimum absolute atomic E-state index is 0.139. The van der Waals surface area contributed by atoms with Gasteiger partial charge in [0.25, 0.3) is 6.43 Å². The van der Waals surface area contributed by atoms with Gasteiger partial charge in [0.15, 0.2) is 12.6 Å². The summed E-state index contributed by atoms with van der Waals surface area (Å²) in [5.74, 6) is 0.258. The van der Waals surface area contributed by atoms with Crippen molar-refractivity contribution in [3.63, 3.8) is 0 Å². The lowest BCUT2D eigenvalue weighted by Gasteiger charge is -2.36. The molecule has 2 heterocycles. The summed E-state index contributed by atoms with van der Waals surface area (Å²) in [6.45, 7) is 2.29. The Bertz CT molecular complexity index is 792. The van der Waals surface area contributed by atoms with E-state index < -0.39 is 13.0 Å². The Kier molecular flexibility index (Phi) is 6.57. The molecule has 1 aromatic carbocycles. The molecular formula is C19H22F3N5O. The molecule has 2 N–H and O–H groups in total. The third kappa shape index (κ3) is 5.28. The zero-order valence-electron chi connectivity index (χ0n) is 15.3. The van der Waals surface area contributed by atoms with E-state index >= 15 is 0 Å². The number of guanidine groups is 1. The Morgan fingerprint density at radius 2 is 1.86 bits per heavy atom. The molecule has 1 aliphatic rings. The lowest BCUT2D eigenvalue weighted by molar-refractivity contribution is 0.0791. The van der Waals surface area contributed by atoms with Crippen molar-refractivity contribution < 1.29 is 17.9 Å². The summed E-state index contributed by atoms with van der Waals surface area (Å²) < 4.78 is 42.8. The summed E-state index contributed by atoms with van der Waals surface area (Å²) in [6.07, 6.45) is -1.09. The molecule has 1 saturated heterocycles. The average molecular weight is 393 g/mol. The molecule has 9 heteroatoms. The van der Waals surface area contributed by atoms with Crippen molar-refractivity contribution in [3.8, 4) is 5.88 Å². The van der Waals surface area contributed by atoms with Gasteiger partial charge in [-0.1, -0.05) is 6.07 Å². The largest absolute Gasteiger partial charge is 0.471 e. The van der Waals surface area contributed by atoms with E-state index in [9.17, 15) is 13.2 Å². The van der Waals surface area contributed by atoms with Gasteiger partial charge >= 0.3 is 0 Å². The molecule has 0 amide bonds. The predicted octanol–water partition coefficient (Wildman–Crippen LogP) is 2.50. The summed E-state index contributed by atoms with van der Waals surface area (Å²) in [5, 5.41) is 0. The monoisotopic (exact) mass is 393 g/mol. The number of nitrogens with zero attached hydrogens (tertiary/aromatic N) is 4. The number of benzene rings is 1. The first-order valence-corrected chi connectivity index (χ1v) is 8.93.